The maximum absolute atomic E-state index is 5.72. The van der Waals surface area contributed by atoms with Crippen molar-refractivity contribution < 1.29 is 0 Å². The highest BCUT2D eigenvalue weighted by molar-refractivity contribution is 5.80. The standard InChI is InChI=1S/C10H20N2/c1-3-5-9(11)12-8-10(4-2)6-7-10/h3-8H2,1-2H3,(H2,11,12). The first-order valence-corrected chi connectivity index (χ1v) is 5.01. The summed E-state index contributed by atoms with van der Waals surface area (Å²) in [7, 11) is 0. The summed E-state index contributed by atoms with van der Waals surface area (Å²) in [6.45, 7) is 5.35. The van der Waals surface area contributed by atoms with Crippen molar-refractivity contribution in [3.63, 3.8) is 0 Å². The highest BCUT2D eigenvalue weighted by Gasteiger charge is 2.40. The molecule has 1 rings (SSSR count). The minimum absolute atomic E-state index is 0.554. The van der Waals surface area contributed by atoms with Crippen molar-refractivity contribution in [2.45, 2.75) is 46.0 Å². The van der Waals surface area contributed by atoms with Gasteiger partial charge in [-0.2, -0.15) is 0 Å². The van der Waals surface area contributed by atoms with Gasteiger partial charge in [-0.05, 0) is 31.1 Å². The van der Waals surface area contributed by atoms with Crippen LogP contribution in [0.1, 0.15) is 46.0 Å². The van der Waals surface area contributed by atoms with E-state index in [-0.39, 0.29) is 0 Å². The van der Waals surface area contributed by atoms with Crippen LogP contribution in [-0.4, -0.2) is 12.4 Å². The van der Waals surface area contributed by atoms with Crippen molar-refractivity contribution in [3.8, 4) is 0 Å². The van der Waals surface area contributed by atoms with E-state index in [0.717, 1.165) is 25.2 Å². The Kier molecular flexibility index (Phi) is 3.12. The molecule has 0 heterocycles. The lowest BCUT2D eigenvalue weighted by atomic mass is 10.0. The predicted molar refractivity (Wildman–Crippen MR) is 53.4 cm³/mol. The molecule has 0 aromatic heterocycles. The van der Waals surface area contributed by atoms with Crippen LogP contribution in [0.15, 0.2) is 4.99 Å². The molecular formula is C10H20N2. The van der Waals surface area contributed by atoms with Gasteiger partial charge in [-0.3, -0.25) is 4.99 Å². The maximum atomic E-state index is 5.72. The fraction of sp³-hybridized carbons (Fsp3) is 0.900. The van der Waals surface area contributed by atoms with Crippen LogP contribution < -0.4 is 5.73 Å². The summed E-state index contributed by atoms with van der Waals surface area (Å²) in [5.41, 5.74) is 6.28. The van der Waals surface area contributed by atoms with Crippen molar-refractivity contribution in [3.05, 3.63) is 0 Å². The first-order valence-electron chi connectivity index (χ1n) is 5.01. The normalized spacial score (nSPS) is 21.0. The fourth-order valence-corrected chi connectivity index (χ4v) is 1.40. The highest BCUT2D eigenvalue weighted by Crippen LogP contribution is 2.48. The number of aliphatic imine (C=N–C) groups is 1. The number of nitrogens with zero attached hydrogens (tertiary/aromatic N) is 1. The molecule has 1 aliphatic carbocycles. The minimum Gasteiger partial charge on any atom is -0.387 e. The van der Waals surface area contributed by atoms with E-state index in [1.54, 1.807) is 0 Å². The average molecular weight is 168 g/mol. The van der Waals surface area contributed by atoms with Crippen LogP contribution in [0.3, 0.4) is 0 Å². The molecule has 1 saturated carbocycles. The van der Waals surface area contributed by atoms with Gasteiger partial charge in [-0.15, -0.1) is 0 Å². The fourth-order valence-electron chi connectivity index (χ4n) is 1.40. The molecule has 2 nitrogen and oxygen atoms in total. The molecule has 1 fully saturated rings. The number of hydrogen-bond donors (Lipinski definition) is 1. The first-order chi connectivity index (χ1) is 5.72. The molecule has 0 aliphatic heterocycles. The Hall–Kier alpha value is -0.530. The van der Waals surface area contributed by atoms with E-state index < -0.39 is 0 Å². The third-order valence-electron chi connectivity index (χ3n) is 2.83. The van der Waals surface area contributed by atoms with E-state index in [1.807, 2.05) is 0 Å². The van der Waals surface area contributed by atoms with Gasteiger partial charge >= 0.3 is 0 Å². The third-order valence-corrected chi connectivity index (χ3v) is 2.83. The van der Waals surface area contributed by atoms with Crippen molar-refractivity contribution >= 4 is 5.84 Å². The lowest BCUT2D eigenvalue weighted by Crippen LogP contribution is -2.14. The van der Waals surface area contributed by atoms with Gasteiger partial charge in [0.2, 0.25) is 0 Å². The molecular weight excluding hydrogens is 148 g/mol. The molecule has 0 aromatic carbocycles. The van der Waals surface area contributed by atoms with Gasteiger partial charge < -0.3 is 5.73 Å². The highest BCUT2D eigenvalue weighted by atomic mass is 14.9. The molecule has 0 radical (unpaired) electrons. The predicted octanol–water partition coefficient (Wildman–Crippen LogP) is 2.33. The number of rotatable bonds is 5. The van der Waals surface area contributed by atoms with Gasteiger partial charge in [0.25, 0.3) is 0 Å². The molecule has 0 atom stereocenters. The van der Waals surface area contributed by atoms with E-state index in [4.69, 9.17) is 5.73 Å². The summed E-state index contributed by atoms with van der Waals surface area (Å²) in [6.07, 6.45) is 6.03. The second-order valence-corrected chi connectivity index (χ2v) is 3.91. The van der Waals surface area contributed by atoms with Crippen LogP contribution >= 0.6 is 0 Å². The smallest absolute Gasteiger partial charge is 0.0937 e. The largest absolute Gasteiger partial charge is 0.387 e. The van der Waals surface area contributed by atoms with Crippen LogP contribution in [0.25, 0.3) is 0 Å². The Labute approximate surface area is 75.3 Å². The number of amidine groups is 1. The van der Waals surface area contributed by atoms with E-state index in [0.29, 0.717) is 5.41 Å². The van der Waals surface area contributed by atoms with Crippen LogP contribution in [0.5, 0.6) is 0 Å². The quantitative estimate of drug-likeness (QED) is 0.496. The number of hydrogen-bond acceptors (Lipinski definition) is 1. The van der Waals surface area contributed by atoms with Gasteiger partial charge in [-0.25, -0.2) is 0 Å². The summed E-state index contributed by atoms with van der Waals surface area (Å²) in [5.74, 6) is 0.845. The topological polar surface area (TPSA) is 38.4 Å². The molecule has 0 bridgehead atoms. The Balaban J connectivity index is 2.27. The van der Waals surface area contributed by atoms with Gasteiger partial charge in [0.15, 0.2) is 0 Å². The van der Waals surface area contributed by atoms with Crippen molar-refractivity contribution in [1.82, 2.24) is 0 Å². The zero-order valence-electron chi connectivity index (χ0n) is 8.27. The summed E-state index contributed by atoms with van der Waals surface area (Å²) in [6, 6.07) is 0. The summed E-state index contributed by atoms with van der Waals surface area (Å²) < 4.78 is 0. The van der Waals surface area contributed by atoms with E-state index in [9.17, 15) is 0 Å². The Morgan fingerprint density at radius 2 is 2.08 bits per heavy atom. The molecule has 12 heavy (non-hydrogen) atoms. The van der Waals surface area contributed by atoms with Crippen molar-refractivity contribution in [2.75, 3.05) is 6.54 Å². The van der Waals surface area contributed by atoms with Crippen LogP contribution in [0.2, 0.25) is 0 Å². The van der Waals surface area contributed by atoms with Gasteiger partial charge in [0, 0.05) is 13.0 Å². The molecule has 1 aliphatic rings. The lowest BCUT2D eigenvalue weighted by molar-refractivity contribution is 0.505. The number of nitrogens with two attached hydrogens (primary N) is 1. The Morgan fingerprint density at radius 3 is 2.50 bits per heavy atom. The van der Waals surface area contributed by atoms with Gasteiger partial charge in [0.05, 0.1) is 5.84 Å². The Morgan fingerprint density at radius 1 is 1.42 bits per heavy atom. The molecule has 70 valence electrons. The SMILES string of the molecule is CCCC(N)=NCC1(CC)CC1. The molecule has 0 aromatic rings. The Bertz CT molecular complexity index is 169. The van der Waals surface area contributed by atoms with Crippen LogP contribution in [0.4, 0.5) is 0 Å². The van der Waals surface area contributed by atoms with Crippen LogP contribution in [0, 0.1) is 5.41 Å². The van der Waals surface area contributed by atoms with Gasteiger partial charge in [-0.1, -0.05) is 13.8 Å². The summed E-state index contributed by atoms with van der Waals surface area (Å²) in [4.78, 5) is 4.41. The zero-order valence-corrected chi connectivity index (χ0v) is 8.27. The maximum Gasteiger partial charge on any atom is 0.0937 e. The van der Waals surface area contributed by atoms with E-state index in [2.05, 4.69) is 18.8 Å². The first kappa shape index (κ1) is 9.56. The second-order valence-electron chi connectivity index (χ2n) is 3.91. The zero-order chi connectivity index (χ0) is 9.03. The van der Waals surface area contributed by atoms with Crippen LogP contribution in [-0.2, 0) is 0 Å². The molecule has 0 amide bonds. The minimum atomic E-state index is 0.554. The van der Waals surface area contributed by atoms with E-state index >= 15 is 0 Å². The average Bonchev–Trinajstić information content (AvgIpc) is 2.82. The molecule has 0 unspecified atom stereocenters. The molecule has 0 saturated heterocycles. The monoisotopic (exact) mass is 168 g/mol. The molecule has 2 N–H and O–H groups in total. The van der Waals surface area contributed by atoms with Crippen molar-refractivity contribution in [2.24, 2.45) is 16.1 Å². The van der Waals surface area contributed by atoms with E-state index in [1.165, 1.54) is 19.3 Å². The molecule has 2 heteroatoms. The van der Waals surface area contributed by atoms with Gasteiger partial charge in [0.1, 0.15) is 0 Å². The second kappa shape index (κ2) is 3.92. The summed E-state index contributed by atoms with van der Waals surface area (Å²) >= 11 is 0. The van der Waals surface area contributed by atoms with Crippen molar-refractivity contribution in [1.29, 1.82) is 0 Å². The summed E-state index contributed by atoms with van der Waals surface area (Å²) in [5, 5.41) is 0. The third kappa shape index (κ3) is 2.50. The molecule has 0 spiro atoms. The lowest BCUT2D eigenvalue weighted by Gasteiger charge is -2.08.